The summed E-state index contributed by atoms with van der Waals surface area (Å²) in [6, 6.07) is 2.04. The highest BCUT2D eigenvalue weighted by Crippen LogP contribution is 2.17. The summed E-state index contributed by atoms with van der Waals surface area (Å²) in [4.78, 5) is 16.1. The Hall–Kier alpha value is -1.17. The quantitative estimate of drug-likeness (QED) is 0.766. The SMILES string of the molecule is CN(C)CCN(C)Cc1cc(C=CC(=O)O)cs1. The van der Waals surface area contributed by atoms with E-state index in [1.54, 1.807) is 17.4 Å². The van der Waals surface area contributed by atoms with Gasteiger partial charge in [-0.3, -0.25) is 0 Å². The molecule has 0 radical (unpaired) electrons. The molecule has 0 fully saturated rings. The Morgan fingerprint density at radius 3 is 2.72 bits per heavy atom. The van der Waals surface area contributed by atoms with Gasteiger partial charge in [0.05, 0.1) is 0 Å². The topological polar surface area (TPSA) is 43.8 Å². The first-order chi connectivity index (χ1) is 8.47. The third-order valence-corrected chi connectivity index (χ3v) is 3.39. The van der Waals surface area contributed by atoms with Crippen LogP contribution in [0.2, 0.25) is 0 Å². The molecule has 5 heteroatoms. The Morgan fingerprint density at radius 1 is 1.39 bits per heavy atom. The molecule has 1 rings (SSSR count). The molecule has 4 nitrogen and oxygen atoms in total. The summed E-state index contributed by atoms with van der Waals surface area (Å²) >= 11 is 1.66. The molecular formula is C13H20N2O2S. The van der Waals surface area contributed by atoms with Crippen molar-refractivity contribution in [3.63, 3.8) is 0 Å². The molecule has 0 atom stereocenters. The van der Waals surface area contributed by atoms with Gasteiger partial charge in [0, 0.05) is 30.6 Å². The van der Waals surface area contributed by atoms with Crippen LogP contribution in [0.3, 0.4) is 0 Å². The van der Waals surface area contributed by atoms with Crippen molar-refractivity contribution in [1.82, 2.24) is 9.80 Å². The van der Waals surface area contributed by atoms with Gasteiger partial charge in [0.25, 0.3) is 0 Å². The minimum absolute atomic E-state index is 0.902. The molecule has 1 aromatic heterocycles. The van der Waals surface area contributed by atoms with Crippen molar-refractivity contribution in [3.8, 4) is 0 Å². The molecule has 0 aliphatic heterocycles. The molecular weight excluding hydrogens is 248 g/mol. The van der Waals surface area contributed by atoms with Crippen molar-refractivity contribution in [2.75, 3.05) is 34.2 Å². The lowest BCUT2D eigenvalue weighted by Gasteiger charge is -2.18. The second-order valence-electron chi connectivity index (χ2n) is 4.56. The highest BCUT2D eigenvalue weighted by molar-refractivity contribution is 7.10. The van der Waals surface area contributed by atoms with Crippen molar-refractivity contribution in [1.29, 1.82) is 0 Å². The average molecular weight is 268 g/mol. The Bertz CT molecular complexity index is 413. The van der Waals surface area contributed by atoms with Gasteiger partial charge in [-0.2, -0.15) is 0 Å². The van der Waals surface area contributed by atoms with Crippen LogP contribution in [0, 0.1) is 0 Å². The van der Waals surface area contributed by atoms with Crippen LogP contribution in [0.15, 0.2) is 17.5 Å². The van der Waals surface area contributed by atoms with Crippen molar-refractivity contribution in [2.45, 2.75) is 6.54 Å². The Labute approximate surface area is 112 Å². The second kappa shape index (κ2) is 7.31. The van der Waals surface area contributed by atoms with E-state index in [0.29, 0.717) is 0 Å². The number of likely N-dealkylation sites (N-methyl/N-ethyl adjacent to an activating group) is 2. The summed E-state index contributed by atoms with van der Waals surface area (Å²) < 4.78 is 0. The van der Waals surface area contributed by atoms with E-state index in [1.807, 2.05) is 11.4 Å². The van der Waals surface area contributed by atoms with Crippen LogP contribution >= 0.6 is 11.3 Å². The zero-order chi connectivity index (χ0) is 13.5. The minimum Gasteiger partial charge on any atom is -0.478 e. The molecule has 1 aromatic rings. The molecule has 0 amide bonds. The normalized spacial score (nSPS) is 11.8. The van der Waals surface area contributed by atoms with E-state index in [-0.39, 0.29) is 0 Å². The number of aliphatic carboxylic acids is 1. The summed E-state index contributed by atoms with van der Waals surface area (Å²) in [5.74, 6) is -0.911. The fraction of sp³-hybridized carbons (Fsp3) is 0.462. The average Bonchev–Trinajstić information content (AvgIpc) is 2.71. The van der Waals surface area contributed by atoms with Crippen LogP contribution in [0.4, 0.5) is 0 Å². The third-order valence-electron chi connectivity index (χ3n) is 2.45. The van der Waals surface area contributed by atoms with Gasteiger partial charge < -0.3 is 14.9 Å². The predicted octanol–water partition coefficient (Wildman–Crippen LogP) is 1.84. The summed E-state index contributed by atoms with van der Waals surface area (Å²) in [6.45, 7) is 2.96. The monoisotopic (exact) mass is 268 g/mol. The summed E-state index contributed by atoms with van der Waals surface area (Å²) in [5, 5.41) is 10.5. The van der Waals surface area contributed by atoms with Gasteiger partial charge >= 0.3 is 5.97 Å². The minimum atomic E-state index is -0.911. The molecule has 0 aliphatic carbocycles. The second-order valence-corrected chi connectivity index (χ2v) is 5.55. The maximum Gasteiger partial charge on any atom is 0.328 e. The number of carboxylic acid groups (broad SMARTS) is 1. The van der Waals surface area contributed by atoms with Gasteiger partial charge in [0.15, 0.2) is 0 Å². The number of carboxylic acids is 1. The standard InChI is InChI=1S/C13H20N2O2S/c1-14(2)6-7-15(3)9-12-8-11(10-18-12)4-5-13(16)17/h4-5,8,10H,6-7,9H2,1-3H3,(H,16,17). The van der Waals surface area contributed by atoms with Crippen LogP contribution < -0.4 is 0 Å². The highest BCUT2D eigenvalue weighted by atomic mass is 32.1. The third kappa shape index (κ3) is 5.95. The van der Waals surface area contributed by atoms with Gasteiger partial charge in [-0.15, -0.1) is 11.3 Å². The van der Waals surface area contributed by atoms with Gasteiger partial charge in [-0.1, -0.05) is 0 Å². The Kier molecular flexibility index (Phi) is 6.04. The lowest BCUT2D eigenvalue weighted by Crippen LogP contribution is -2.28. The van der Waals surface area contributed by atoms with Crippen LogP contribution in [-0.2, 0) is 11.3 Å². The van der Waals surface area contributed by atoms with E-state index in [9.17, 15) is 4.79 Å². The summed E-state index contributed by atoms with van der Waals surface area (Å²) in [6.07, 6.45) is 2.80. The predicted molar refractivity (Wildman–Crippen MR) is 75.9 cm³/mol. The molecule has 100 valence electrons. The number of rotatable bonds is 7. The van der Waals surface area contributed by atoms with Crippen molar-refractivity contribution < 1.29 is 9.90 Å². The van der Waals surface area contributed by atoms with Crippen LogP contribution in [0.5, 0.6) is 0 Å². The van der Waals surface area contributed by atoms with Gasteiger partial charge in [-0.25, -0.2) is 4.79 Å². The van der Waals surface area contributed by atoms with E-state index in [0.717, 1.165) is 25.2 Å². The first kappa shape index (κ1) is 14.9. The Morgan fingerprint density at radius 2 is 2.11 bits per heavy atom. The van der Waals surface area contributed by atoms with Gasteiger partial charge in [0.1, 0.15) is 0 Å². The number of hydrogen-bond acceptors (Lipinski definition) is 4. The smallest absolute Gasteiger partial charge is 0.328 e. The first-order valence-electron chi connectivity index (χ1n) is 5.79. The van der Waals surface area contributed by atoms with Crippen molar-refractivity contribution in [3.05, 3.63) is 28.0 Å². The van der Waals surface area contributed by atoms with Gasteiger partial charge in [-0.05, 0) is 44.2 Å². The fourth-order valence-corrected chi connectivity index (χ4v) is 2.38. The molecule has 0 aromatic carbocycles. The van der Waals surface area contributed by atoms with E-state index in [2.05, 4.69) is 30.9 Å². The number of hydrogen-bond donors (Lipinski definition) is 1. The number of nitrogens with zero attached hydrogens (tertiary/aromatic N) is 2. The molecule has 0 unspecified atom stereocenters. The first-order valence-corrected chi connectivity index (χ1v) is 6.67. The van der Waals surface area contributed by atoms with Crippen LogP contribution in [0.1, 0.15) is 10.4 Å². The molecule has 0 bridgehead atoms. The summed E-state index contributed by atoms with van der Waals surface area (Å²) in [5.41, 5.74) is 0.957. The molecule has 0 aliphatic rings. The largest absolute Gasteiger partial charge is 0.478 e. The highest BCUT2D eigenvalue weighted by Gasteiger charge is 2.03. The zero-order valence-electron chi connectivity index (χ0n) is 11.1. The van der Waals surface area contributed by atoms with E-state index < -0.39 is 5.97 Å². The van der Waals surface area contributed by atoms with Crippen molar-refractivity contribution >= 4 is 23.4 Å². The lowest BCUT2D eigenvalue weighted by molar-refractivity contribution is -0.131. The Balaban J connectivity index is 2.45. The molecule has 18 heavy (non-hydrogen) atoms. The number of thiophene rings is 1. The maximum atomic E-state index is 10.4. The summed E-state index contributed by atoms with van der Waals surface area (Å²) in [7, 11) is 6.22. The number of carbonyl (C=O) groups is 1. The van der Waals surface area contributed by atoms with Crippen LogP contribution in [0.25, 0.3) is 6.08 Å². The van der Waals surface area contributed by atoms with E-state index >= 15 is 0 Å². The molecule has 0 saturated carbocycles. The fourth-order valence-electron chi connectivity index (χ4n) is 1.45. The van der Waals surface area contributed by atoms with E-state index in [4.69, 9.17) is 5.11 Å². The zero-order valence-corrected chi connectivity index (χ0v) is 11.9. The molecule has 0 saturated heterocycles. The van der Waals surface area contributed by atoms with Crippen LogP contribution in [-0.4, -0.2) is 55.1 Å². The molecule has 1 heterocycles. The molecule has 1 N–H and O–H groups in total. The van der Waals surface area contributed by atoms with Gasteiger partial charge in [0.2, 0.25) is 0 Å². The molecule has 0 spiro atoms. The van der Waals surface area contributed by atoms with Crippen molar-refractivity contribution in [2.24, 2.45) is 0 Å². The lowest BCUT2D eigenvalue weighted by atomic mass is 10.3. The van der Waals surface area contributed by atoms with E-state index in [1.165, 1.54) is 11.0 Å². The maximum absolute atomic E-state index is 10.4.